The summed E-state index contributed by atoms with van der Waals surface area (Å²) in [6.07, 6.45) is 4.17. The van der Waals surface area contributed by atoms with Gasteiger partial charge >= 0.3 is 12.0 Å². The first-order chi connectivity index (χ1) is 8.53. The number of hydrogen-bond acceptors (Lipinski definition) is 2. The number of carbonyl (C=O) groups excluding carboxylic acids is 1. The third kappa shape index (κ3) is 2.60. The summed E-state index contributed by atoms with van der Waals surface area (Å²) in [6, 6.07) is -0.111. The molecule has 18 heavy (non-hydrogen) atoms. The molecule has 1 aliphatic carbocycles. The summed E-state index contributed by atoms with van der Waals surface area (Å²) in [7, 11) is 0. The summed E-state index contributed by atoms with van der Waals surface area (Å²) in [5, 5.41) is 12.3. The van der Waals surface area contributed by atoms with Gasteiger partial charge in [-0.05, 0) is 38.0 Å². The minimum Gasteiger partial charge on any atom is -0.481 e. The monoisotopic (exact) mass is 254 g/mol. The summed E-state index contributed by atoms with van der Waals surface area (Å²) in [5.74, 6) is -0.138. The van der Waals surface area contributed by atoms with Gasteiger partial charge in [0.2, 0.25) is 0 Å². The van der Waals surface area contributed by atoms with Gasteiger partial charge in [0.1, 0.15) is 0 Å². The van der Waals surface area contributed by atoms with Crippen LogP contribution in [0.25, 0.3) is 0 Å². The van der Waals surface area contributed by atoms with Crippen molar-refractivity contribution in [3.05, 3.63) is 0 Å². The van der Waals surface area contributed by atoms with Gasteiger partial charge in [-0.25, -0.2) is 4.79 Å². The zero-order chi connectivity index (χ0) is 13.2. The van der Waals surface area contributed by atoms with E-state index >= 15 is 0 Å². The minimum atomic E-state index is -0.743. The van der Waals surface area contributed by atoms with Crippen LogP contribution in [0.1, 0.15) is 39.0 Å². The van der Waals surface area contributed by atoms with Gasteiger partial charge in [-0.3, -0.25) is 4.79 Å². The number of carboxylic acids is 1. The number of amides is 2. The Hall–Kier alpha value is -1.26. The van der Waals surface area contributed by atoms with Gasteiger partial charge in [-0.1, -0.05) is 6.92 Å². The Bertz CT molecular complexity index is 335. The first-order valence-corrected chi connectivity index (χ1v) is 6.80. The highest BCUT2D eigenvalue weighted by molar-refractivity contribution is 5.78. The van der Waals surface area contributed by atoms with Gasteiger partial charge in [0.15, 0.2) is 0 Å². The van der Waals surface area contributed by atoms with E-state index in [1.165, 1.54) is 0 Å². The average molecular weight is 254 g/mol. The van der Waals surface area contributed by atoms with Gasteiger partial charge < -0.3 is 15.3 Å². The lowest BCUT2D eigenvalue weighted by Gasteiger charge is -2.40. The van der Waals surface area contributed by atoms with E-state index in [1.54, 1.807) is 4.90 Å². The first-order valence-electron chi connectivity index (χ1n) is 6.80. The van der Waals surface area contributed by atoms with E-state index in [9.17, 15) is 14.7 Å². The molecule has 0 aromatic heterocycles. The zero-order valence-corrected chi connectivity index (χ0v) is 10.9. The maximum absolute atomic E-state index is 11.7. The van der Waals surface area contributed by atoms with Gasteiger partial charge in [0.05, 0.1) is 5.41 Å². The summed E-state index contributed by atoms with van der Waals surface area (Å²) in [5.41, 5.74) is -0.721. The molecule has 0 bridgehead atoms. The van der Waals surface area contributed by atoms with Crippen molar-refractivity contribution in [1.82, 2.24) is 10.2 Å². The standard InChI is InChI=1S/C13H22N2O3/c1-10-3-5-13(6-4-10,11(16)17)9-15-8-2-7-14-12(15)18/h10H,2-9H2,1H3,(H,14,18)(H,16,17). The topological polar surface area (TPSA) is 69.6 Å². The Morgan fingerprint density at radius 2 is 2.17 bits per heavy atom. The molecule has 1 saturated carbocycles. The Morgan fingerprint density at radius 3 is 2.72 bits per heavy atom. The number of carboxylic acid groups (broad SMARTS) is 1. The van der Waals surface area contributed by atoms with E-state index in [0.29, 0.717) is 38.4 Å². The SMILES string of the molecule is CC1CCC(CN2CCCNC2=O)(C(=O)O)CC1. The molecule has 1 heterocycles. The van der Waals surface area contributed by atoms with Crippen LogP contribution in [-0.2, 0) is 4.79 Å². The molecule has 2 rings (SSSR count). The van der Waals surface area contributed by atoms with Crippen molar-refractivity contribution >= 4 is 12.0 Å². The normalized spacial score (nSPS) is 33.1. The summed E-state index contributed by atoms with van der Waals surface area (Å²) < 4.78 is 0. The zero-order valence-electron chi connectivity index (χ0n) is 10.9. The molecule has 1 saturated heterocycles. The largest absolute Gasteiger partial charge is 0.481 e. The number of nitrogens with one attached hydrogen (secondary N) is 1. The smallest absolute Gasteiger partial charge is 0.317 e. The van der Waals surface area contributed by atoms with Gasteiger partial charge in [0, 0.05) is 19.6 Å². The Labute approximate surface area is 108 Å². The lowest BCUT2D eigenvalue weighted by atomic mass is 9.70. The lowest BCUT2D eigenvalue weighted by Crippen LogP contribution is -2.53. The molecular formula is C13H22N2O3. The molecule has 0 aromatic rings. The van der Waals surface area contributed by atoms with Crippen LogP contribution < -0.4 is 5.32 Å². The number of hydrogen-bond donors (Lipinski definition) is 2. The molecule has 102 valence electrons. The second-order valence-electron chi connectivity index (χ2n) is 5.78. The lowest BCUT2D eigenvalue weighted by molar-refractivity contribution is -0.152. The second kappa shape index (κ2) is 5.16. The molecule has 2 fully saturated rings. The number of nitrogens with zero attached hydrogens (tertiary/aromatic N) is 1. The van der Waals surface area contributed by atoms with Crippen LogP contribution in [0, 0.1) is 11.3 Å². The maximum atomic E-state index is 11.7. The van der Waals surface area contributed by atoms with Crippen molar-refractivity contribution in [3.63, 3.8) is 0 Å². The third-order valence-electron chi connectivity index (χ3n) is 4.35. The molecule has 2 N–H and O–H groups in total. The molecule has 0 unspecified atom stereocenters. The van der Waals surface area contributed by atoms with Gasteiger partial charge in [-0.15, -0.1) is 0 Å². The fourth-order valence-electron chi connectivity index (χ4n) is 2.95. The van der Waals surface area contributed by atoms with E-state index in [-0.39, 0.29) is 6.03 Å². The van der Waals surface area contributed by atoms with Crippen LogP contribution in [0.4, 0.5) is 4.79 Å². The number of aliphatic carboxylic acids is 1. The number of rotatable bonds is 3. The van der Waals surface area contributed by atoms with Crippen LogP contribution >= 0.6 is 0 Å². The quantitative estimate of drug-likeness (QED) is 0.805. The number of urea groups is 1. The van der Waals surface area contributed by atoms with E-state index in [0.717, 1.165) is 19.3 Å². The van der Waals surface area contributed by atoms with E-state index in [4.69, 9.17) is 0 Å². The van der Waals surface area contributed by atoms with Crippen molar-refractivity contribution in [3.8, 4) is 0 Å². The fourth-order valence-corrected chi connectivity index (χ4v) is 2.95. The Balaban J connectivity index is 2.06. The summed E-state index contributed by atoms with van der Waals surface area (Å²) in [4.78, 5) is 25.0. The highest BCUT2D eigenvalue weighted by Gasteiger charge is 2.43. The van der Waals surface area contributed by atoms with E-state index < -0.39 is 11.4 Å². The van der Waals surface area contributed by atoms with Crippen molar-refractivity contribution < 1.29 is 14.7 Å². The summed E-state index contributed by atoms with van der Waals surface area (Å²) in [6.45, 7) is 3.91. The molecule has 5 heteroatoms. The van der Waals surface area contributed by atoms with E-state index in [2.05, 4.69) is 12.2 Å². The van der Waals surface area contributed by atoms with Crippen LogP contribution in [0.3, 0.4) is 0 Å². The highest BCUT2D eigenvalue weighted by atomic mass is 16.4. The van der Waals surface area contributed by atoms with E-state index in [1.807, 2.05) is 0 Å². The highest BCUT2D eigenvalue weighted by Crippen LogP contribution is 2.40. The molecular weight excluding hydrogens is 232 g/mol. The van der Waals surface area contributed by atoms with Crippen molar-refractivity contribution in [1.29, 1.82) is 0 Å². The molecule has 5 nitrogen and oxygen atoms in total. The van der Waals surface area contributed by atoms with Gasteiger partial charge in [0.25, 0.3) is 0 Å². The molecule has 1 aliphatic heterocycles. The van der Waals surface area contributed by atoms with Crippen LogP contribution in [0.15, 0.2) is 0 Å². The molecule has 2 aliphatic rings. The number of carbonyl (C=O) groups is 2. The minimum absolute atomic E-state index is 0.111. The van der Waals surface area contributed by atoms with Gasteiger partial charge in [-0.2, -0.15) is 0 Å². The van der Waals surface area contributed by atoms with Crippen LogP contribution in [-0.4, -0.2) is 41.6 Å². The molecule has 0 radical (unpaired) electrons. The van der Waals surface area contributed by atoms with Crippen molar-refractivity contribution in [2.45, 2.75) is 39.0 Å². The molecule has 0 atom stereocenters. The van der Waals surface area contributed by atoms with Crippen LogP contribution in [0.2, 0.25) is 0 Å². The Morgan fingerprint density at radius 1 is 1.50 bits per heavy atom. The fraction of sp³-hybridized carbons (Fsp3) is 0.846. The molecule has 2 amide bonds. The first kappa shape index (κ1) is 13.2. The average Bonchev–Trinajstić information content (AvgIpc) is 2.35. The predicted octanol–water partition coefficient (Wildman–Crippen LogP) is 1.68. The van der Waals surface area contributed by atoms with Crippen LogP contribution in [0.5, 0.6) is 0 Å². The Kier molecular flexibility index (Phi) is 3.78. The van der Waals surface area contributed by atoms with Crippen molar-refractivity contribution in [2.75, 3.05) is 19.6 Å². The predicted molar refractivity (Wildman–Crippen MR) is 67.3 cm³/mol. The molecule has 0 spiro atoms. The van der Waals surface area contributed by atoms with Crippen molar-refractivity contribution in [2.24, 2.45) is 11.3 Å². The second-order valence-corrected chi connectivity index (χ2v) is 5.78. The summed E-state index contributed by atoms with van der Waals surface area (Å²) >= 11 is 0. The third-order valence-corrected chi connectivity index (χ3v) is 4.35. The maximum Gasteiger partial charge on any atom is 0.317 e. The molecule has 0 aromatic carbocycles.